The van der Waals surface area contributed by atoms with Gasteiger partial charge in [-0.25, -0.2) is 4.39 Å². The fraction of sp³-hybridized carbons (Fsp3) is 0.0667. The zero-order valence-electron chi connectivity index (χ0n) is 11.3. The van der Waals surface area contributed by atoms with Crippen molar-refractivity contribution in [1.82, 2.24) is 15.0 Å². The monoisotopic (exact) mass is 284 g/mol. The lowest BCUT2D eigenvalue weighted by atomic mass is 10.1. The minimum atomic E-state index is -0.333. The number of nitrogens with two attached hydrogens (primary N) is 1. The summed E-state index contributed by atoms with van der Waals surface area (Å²) >= 11 is 0. The lowest BCUT2D eigenvalue weighted by Gasteiger charge is -2.06. The Labute approximate surface area is 120 Å². The Morgan fingerprint density at radius 2 is 1.86 bits per heavy atom. The first-order chi connectivity index (χ1) is 10.1. The van der Waals surface area contributed by atoms with Crippen molar-refractivity contribution >= 4 is 5.82 Å². The summed E-state index contributed by atoms with van der Waals surface area (Å²) in [6.45, 7) is 1.87. The molecule has 0 unspecified atom stereocenters. The van der Waals surface area contributed by atoms with Crippen LogP contribution in [0.25, 0.3) is 16.9 Å². The van der Waals surface area contributed by atoms with E-state index in [2.05, 4.69) is 10.3 Å². The number of phenols is 1. The third-order valence-electron chi connectivity index (χ3n) is 3.18. The van der Waals surface area contributed by atoms with E-state index in [1.54, 1.807) is 24.3 Å². The fourth-order valence-electron chi connectivity index (χ4n) is 2.09. The van der Waals surface area contributed by atoms with Crippen LogP contribution in [0.4, 0.5) is 10.2 Å². The number of phenolic OH excluding ortho intramolecular Hbond substituents is 1. The van der Waals surface area contributed by atoms with E-state index in [0.717, 1.165) is 5.56 Å². The first kappa shape index (κ1) is 13.1. The van der Waals surface area contributed by atoms with Gasteiger partial charge in [0.2, 0.25) is 0 Å². The predicted octanol–water partition coefficient (Wildman–Crippen LogP) is 2.67. The van der Waals surface area contributed by atoms with Gasteiger partial charge in [0.05, 0.1) is 0 Å². The maximum Gasteiger partial charge on any atom is 0.156 e. The van der Waals surface area contributed by atoms with Gasteiger partial charge in [-0.1, -0.05) is 11.3 Å². The molecule has 0 spiro atoms. The Bertz CT molecular complexity index is 796. The van der Waals surface area contributed by atoms with Crippen LogP contribution in [0.2, 0.25) is 0 Å². The Morgan fingerprint density at radius 3 is 2.52 bits per heavy atom. The van der Waals surface area contributed by atoms with Gasteiger partial charge in [-0.15, -0.1) is 5.10 Å². The highest BCUT2D eigenvalue weighted by atomic mass is 19.1. The Hall–Kier alpha value is -2.89. The molecule has 21 heavy (non-hydrogen) atoms. The van der Waals surface area contributed by atoms with Gasteiger partial charge in [0.15, 0.2) is 5.82 Å². The van der Waals surface area contributed by atoms with Gasteiger partial charge < -0.3 is 10.8 Å². The number of rotatable bonds is 2. The molecule has 5 nitrogen and oxygen atoms in total. The van der Waals surface area contributed by atoms with Crippen LogP contribution < -0.4 is 5.73 Å². The van der Waals surface area contributed by atoms with Gasteiger partial charge in [-0.3, -0.25) is 0 Å². The Balaban J connectivity index is 2.09. The molecule has 0 aliphatic rings. The molecule has 3 rings (SSSR count). The first-order valence-electron chi connectivity index (χ1n) is 6.33. The summed E-state index contributed by atoms with van der Waals surface area (Å²) in [5, 5.41) is 18.0. The fourth-order valence-corrected chi connectivity index (χ4v) is 2.09. The molecule has 0 saturated heterocycles. The third kappa shape index (κ3) is 2.31. The van der Waals surface area contributed by atoms with Crippen molar-refractivity contribution in [1.29, 1.82) is 0 Å². The van der Waals surface area contributed by atoms with E-state index in [9.17, 15) is 9.50 Å². The van der Waals surface area contributed by atoms with E-state index in [-0.39, 0.29) is 17.4 Å². The smallest absolute Gasteiger partial charge is 0.156 e. The maximum absolute atomic E-state index is 13.0. The molecule has 2 aromatic carbocycles. The number of nitrogens with zero attached hydrogens (tertiary/aromatic N) is 3. The highest BCUT2D eigenvalue weighted by Gasteiger charge is 2.15. The van der Waals surface area contributed by atoms with Crippen LogP contribution in [0.1, 0.15) is 5.56 Å². The number of aromatic hydroxyl groups is 1. The molecular formula is C15H13FN4O. The van der Waals surface area contributed by atoms with Crippen LogP contribution in [0, 0.1) is 12.7 Å². The summed E-state index contributed by atoms with van der Waals surface area (Å²) in [5.74, 6) is 0.0129. The van der Waals surface area contributed by atoms with Crippen molar-refractivity contribution in [3.05, 3.63) is 53.8 Å². The molecule has 1 heterocycles. The van der Waals surface area contributed by atoms with E-state index < -0.39 is 0 Å². The van der Waals surface area contributed by atoms with Crippen LogP contribution in [0.5, 0.6) is 5.75 Å². The minimum Gasteiger partial charge on any atom is -0.506 e. The molecule has 0 radical (unpaired) electrons. The number of hydrogen-bond donors (Lipinski definition) is 2. The molecule has 0 aliphatic heterocycles. The summed E-state index contributed by atoms with van der Waals surface area (Å²) < 4.78 is 14.3. The number of anilines is 1. The molecule has 0 fully saturated rings. The lowest BCUT2D eigenvalue weighted by Crippen LogP contribution is -2.02. The predicted molar refractivity (Wildman–Crippen MR) is 77.6 cm³/mol. The van der Waals surface area contributed by atoms with Crippen molar-refractivity contribution in [3.8, 4) is 22.7 Å². The maximum atomic E-state index is 13.0. The lowest BCUT2D eigenvalue weighted by molar-refractivity contribution is 0.469. The van der Waals surface area contributed by atoms with Crippen molar-refractivity contribution in [3.63, 3.8) is 0 Å². The summed E-state index contributed by atoms with van der Waals surface area (Å²) in [6.07, 6.45) is 0. The summed E-state index contributed by atoms with van der Waals surface area (Å²) in [5.41, 5.74) is 8.51. The van der Waals surface area contributed by atoms with Crippen LogP contribution in [-0.4, -0.2) is 20.1 Å². The SMILES string of the molecule is Cc1ccc(-n2nnc(-c3ccc(F)cc3)c2N)c(O)c1. The molecule has 106 valence electrons. The van der Waals surface area contributed by atoms with E-state index in [4.69, 9.17) is 5.73 Å². The van der Waals surface area contributed by atoms with Crippen molar-refractivity contribution in [2.75, 3.05) is 5.73 Å². The number of nitrogen functional groups attached to an aromatic ring is 1. The Morgan fingerprint density at radius 1 is 1.14 bits per heavy atom. The van der Waals surface area contributed by atoms with E-state index >= 15 is 0 Å². The molecule has 0 amide bonds. The summed E-state index contributed by atoms with van der Waals surface area (Å²) in [7, 11) is 0. The first-order valence-corrected chi connectivity index (χ1v) is 6.33. The zero-order valence-corrected chi connectivity index (χ0v) is 11.3. The molecule has 0 aliphatic carbocycles. The van der Waals surface area contributed by atoms with Crippen LogP contribution in [0.15, 0.2) is 42.5 Å². The quantitative estimate of drug-likeness (QED) is 0.758. The zero-order chi connectivity index (χ0) is 15.0. The van der Waals surface area contributed by atoms with Gasteiger partial charge in [0, 0.05) is 5.56 Å². The summed E-state index contributed by atoms with van der Waals surface area (Å²) in [4.78, 5) is 0. The Kier molecular flexibility index (Phi) is 3.06. The van der Waals surface area contributed by atoms with Crippen molar-refractivity contribution < 1.29 is 9.50 Å². The highest BCUT2D eigenvalue weighted by Crippen LogP contribution is 2.29. The van der Waals surface area contributed by atoms with E-state index in [1.807, 2.05) is 13.0 Å². The highest BCUT2D eigenvalue weighted by molar-refractivity contribution is 5.71. The summed E-state index contributed by atoms with van der Waals surface area (Å²) in [6, 6.07) is 11.0. The van der Waals surface area contributed by atoms with Gasteiger partial charge in [0.1, 0.15) is 22.9 Å². The van der Waals surface area contributed by atoms with E-state index in [1.165, 1.54) is 16.8 Å². The molecule has 0 saturated carbocycles. The second-order valence-corrected chi connectivity index (χ2v) is 4.73. The molecule has 0 bridgehead atoms. The van der Waals surface area contributed by atoms with Gasteiger partial charge >= 0.3 is 0 Å². The van der Waals surface area contributed by atoms with Gasteiger partial charge in [-0.2, -0.15) is 4.68 Å². The number of aryl methyl sites for hydroxylation is 1. The largest absolute Gasteiger partial charge is 0.506 e. The van der Waals surface area contributed by atoms with Crippen molar-refractivity contribution in [2.45, 2.75) is 6.92 Å². The van der Waals surface area contributed by atoms with Crippen LogP contribution in [0.3, 0.4) is 0 Å². The number of aromatic nitrogens is 3. The molecule has 6 heteroatoms. The second kappa shape index (κ2) is 4.90. The van der Waals surface area contributed by atoms with Gasteiger partial charge in [-0.05, 0) is 48.9 Å². The average molecular weight is 284 g/mol. The molecular weight excluding hydrogens is 271 g/mol. The normalized spacial score (nSPS) is 10.8. The standard InChI is InChI=1S/C15H13FN4O/c1-9-2-7-12(13(21)8-9)20-15(17)14(18-19-20)10-3-5-11(16)6-4-10/h2-8,21H,17H2,1H3. The minimum absolute atomic E-state index is 0.0669. The van der Waals surface area contributed by atoms with Crippen LogP contribution >= 0.6 is 0 Å². The van der Waals surface area contributed by atoms with Crippen molar-refractivity contribution in [2.24, 2.45) is 0 Å². The van der Waals surface area contributed by atoms with E-state index in [0.29, 0.717) is 16.9 Å². The second-order valence-electron chi connectivity index (χ2n) is 4.73. The molecule has 3 aromatic rings. The number of halogens is 1. The number of benzene rings is 2. The van der Waals surface area contributed by atoms with Gasteiger partial charge in [0.25, 0.3) is 0 Å². The average Bonchev–Trinajstić information content (AvgIpc) is 2.82. The number of hydrogen-bond acceptors (Lipinski definition) is 4. The van der Waals surface area contributed by atoms with Crippen LogP contribution in [-0.2, 0) is 0 Å². The molecule has 0 atom stereocenters. The molecule has 1 aromatic heterocycles. The topological polar surface area (TPSA) is 77.0 Å². The third-order valence-corrected chi connectivity index (χ3v) is 3.18. The molecule has 3 N–H and O–H groups in total.